The molecule has 0 aliphatic heterocycles. The fourth-order valence-electron chi connectivity index (χ4n) is 0.998. The molecule has 0 unspecified atom stereocenters. The molecule has 1 amide bonds. The van der Waals surface area contributed by atoms with Gasteiger partial charge in [0.15, 0.2) is 0 Å². The van der Waals surface area contributed by atoms with Crippen molar-refractivity contribution >= 4 is 5.91 Å². The molecule has 0 heterocycles. The van der Waals surface area contributed by atoms with Crippen LogP contribution >= 0.6 is 0 Å². The first-order chi connectivity index (χ1) is 6.63. The number of carbonyl (C=O) groups excluding carboxylic acids is 1. The van der Waals surface area contributed by atoms with Crippen LogP contribution in [0.3, 0.4) is 0 Å². The minimum Gasteiger partial charge on any atom is -0.508 e. The molecule has 5 nitrogen and oxygen atoms in total. The molecule has 1 aromatic rings. The number of amides is 1. The van der Waals surface area contributed by atoms with E-state index in [0.717, 1.165) is 6.07 Å². The molecule has 0 saturated carbocycles. The number of aliphatic hydroxyl groups excluding tert-OH is 1. The van der Waals surface area contributed by atoms with Gasteiger partial charge < -0.3 is 20.6 Å². The van der Waals surface area contributed by atoms with Gasteiger partial charge in [-0.3, -0.25) is 4.79 Å². The zero-order chi connectivity index (χ0) is 10.6. The van der Waals surface area contributed by atoms with Gasteiger partial charge in [-0.1, -0.05) is 0 Å². The van der Waals surface area contributed by atoms with Crippen LogP contribution in [-0.2, 0) is 0 Å². The van der Waals surface area contributed by atoms with Crippen LogP contribution in [0.2, 0.25) is 0 Å². The Morgan fingerprint density at radius 2 is 1.79 bits per heavy atom. The highest BCUT2D eigenvalue weighted by Crippen LogP contribution is 2.19. The third-order valence-electron chi connectivity index (χ3n) is 1.56. The number of aliphatic hydroxyl groups is 1. The van der Waals surface area contributed by atoms with Gasteiger partial charge in [0.2, 0.25) is 0 Å². The molecule has 0 spiro atoms. The van der Waals surface area contributed by atoms with Crippen molar-refractivity contribution in [3.05, 3.63) is 23.8 Å². The van der Waals surface area contributed by atoms with E-state index in [1.54, 1.807) is 0 Å². The van der Waals surface area contributed by atoms with Crippen LogP contribution < -0.4 is 5.32 Å². The zero-order valence-electron chi connectivity index (χ0n) is 7.40. The molecule has 0 aliphatic rings. The molecule has 1 aromatic carbocycles. The number of nitrogens with one attached hydrogen (secondary N) is 1. The SMILES string of the molecule is O=C(NCCO)c1cc(O)cc(O)c1. The smallest absolute Gasteiger partial charge is 0.251 e. The number of carbonyl (C=O) groups is 1. The Labute approximate surface area is 80.6 Å². The van der Waals surface area contributed by atoms with Gasteiger partial charge in [0.1, 0.15) is 11.5 Å². The first-order valence-corrected chi connectivity index (χ1v) is 4.05. The number of hydrogen-bond acceptors (Lipinski definition) is 4. The number of rotatable bonds is 3. The molecule has 1 rings (SSSR count). The van der Waals surface area contributed by atoms with Crippen LogP contribution in [0.4, 0.5) is 0 Å². The molecular formula is C9H11NO4. The summed E-state index contributed by atoms with van der Waals surface area (Å²) in [5.41, 5.74) is 0.149. The van der Waals surface area contributed by atoms with Crippen LogP contribution in [0.1, 0.15) is 10.4 Å². The summed E-state index contributed by atoms with van der Waals surface area (Å²) in [6.07, 6.45) is 0. The largest absolute Gasteiger partial charge is 0.508 e. The fourth-order valence-corrected chi connectivity index (χ4v) is 0.998. The number of aromatic hydroxyl groups is 2. The van der Waals surface area contributed by atoms with Crippen molar-refractivity contribution in [2.24, 2.45) is 0 Å². The molecule has 14 heavy (non-hydrogen) atoms. The van der Waals surface area contributed by atoms with Crippen molar-refractivity contribution in [1.29, 1.82) is 0 Å². The average molecular weight is 197 g/mol. The van der Waals surface area contributed by atoms with E-state index in [1.807, 2.05) is 0 Å². The van der Waals surface area contributed by atoms with E-state index in [2.05, 4.69) is 5.32 Å². The van der Waals surface area contributed by atoms with E-state index in [-0.39, 0.29) is 30.2 Å². The Morgan fingerprint density at radius 3 is 2.29 bits per heavy atom. The van der Waals surface area contributed by atoms with Gasteiger partial charge in [-0.2, -0.15) is 0 Å². The highest BCUT2D eigenvalue weighted by molar-refractivity contribution is 5.95. The van der Waals surface area contributed by atoms with Gasteiger partial charge in [0.25, 0.3) is 5.91 Å². The van der Waals surface area contributed by atoms with Gasteiger partial charge >= 0.3 is 0 Å². The van der Waals surface area contributed by atoms with Crippen LogP contribution in [0, 0.1) is 0 Å². The first-order valence-electron chi connectivity index (χ1n) is 4.05. The summed E-state index contributed by atoms with van der Waals surface area (Å²) in [5.74, 6) is -0.816. The predicted octanol–water partition coefficient (Wildman–Crippen LogP) is -0.180. The molecule has 5 heteroatoms. The highest BCUT2D eigenvalue weighted by atomic mass is 16.3. The first kappa shape index (κ1) is 10.3. The second kappa shape index (κ2) is 4.48. The Balaban J connectivity index is 2.79. The lowest BCUT2D eigenvalue weighted by atomic mass is 10.2. The predicted molar refractivity (Wildman–Crippen MR) is 49.2 cm³/mol. The van der Waals surface area contributed by atoms with Crippen LogP contribution in [0.15, 0.2) is 18.2 Å². The molecule has 4 N–H and O–H groups in total. The Morgan fingerprint density at radius 1 is 1.21 bits per heavy atom. The standard InChI is InChI=1S/C9H11NO4/c11-2-1-10-9(14)6-3-7(12)5-8(13)4-6/h3-5,11-13H,1-2H2,(H,10,14). The number of phenols is 2. The van der Waals surface area contributed by atoms with E-state index >= 15 is 0 Å². The molecule has 0 fully saturated rings. The maximum Gasteiger partial charge on any atom is 0.251 e. The Bertz CT molecular complexity index is 317. The Hall–Kier alpha value is -1.75. The van der Waals surface area contributed by atoms with Crippen molar-refractivity contribution in [1.82, 2.24) is 5.32 Å². The molecular weight excluding hydrogens is 186 g/mol. The summed E-state index contributed by atoms with van der Waals surface area (Å²) in [6.45, 7) is -0.0220. The van der Waals surface area contributed by atoms with Gasteiger partial charge in [-0.15, -0.1) is 0 Å². The summed E-state index contributed by atoms with van der Waals surface area (Å²) >= 11 is 0. The van der Waals surface area contributed by atoms with Crippen molar-refractivity contribution in [2.45, 2.75) is 0 Å². The third-order valence-corrected chi connectivity index (χ3v) is 1.56. The molecule has 0 aliphatic carbocycles. The van der Waals surface area contributed by atoms with E-state index in [0.29, 0.717) is 0 Å². The van der Waals surface area contributed by atoms with Gasteiger partial charge in [-0.05, 0) is 12.1 Å². The molecule has 0 radical (unpaired) electrons. The number of benzene rings is 1. The molecule has 0 saturated heterocycles. The van der Waals surface area contributed by atoms with Gasteiger partial charge in [-0.25, -0.2) is 0 Å². The summed E-state index contributed by atoms with van der Waals surface area (Å²) in [4.78, 5) is 11.3. The van der Waals surface area contributed by atoms with Gasteiger partial charge in [0.05, 0.1) is 6.61 Å². The van der Waals surface area contributed by atoms with Crippen molar-refractivity contribution in [2.75, 3.05) is 13.2 Å². The molecule has 0 aromatic heterocycles. The lowest BCUT2D eigenvalue weighted by Crippen LogP contribution is -2.26. The lowest BCUT2D eigenvalue weighted by Gasteiger charge is -2.04. The topological polar surface area (TPSA) is 89.8 Å². The van der Waals surface area contributed by atoms with E-state index in [1.165, 1.54) is 12.1 Å². The zero-order valence-corrected chi connectivity index (χ0v) is 7.40. The van der Waals surface area contributed by atoms with E-state index in [4.69, 9.17) is 15.3 Å². The normalized spacial score (nSPS) is 9.79. The minimum absolute atomic E-state index is 0.134. The highest BCUT2D eigenvalue weighted by Gasteiger charge is 2.07. The number of hydrogen-bond donors (Lipinski definition) is 4. The molecule has 0 atom stereocenters. The van der Waals surface area contributed by atoms with Gasteiger partial charge in [0, 0.05) is 18.2 Å². The maximum atomic E-state index is 11.3. The number of phenolic OH excluding ortho intramolecular Hbond substituents is 2. The third kappa shape index (κ3) is 2.63. The van der Waals surface area contributed by atoms with E-state index < -0.39 is 5.91 Å². The van der Waals surface area contributed by atoms with Crippen molar-refractivity contribution in [3.8, 4) is 11.5 Å². The summed E-state index contributed by atoms with van der Waals surface area (Å²) in [6, 6.07) is 3.58. The van der Waals surface area contributed by atoms with Crippen LogP contribution in [0.25, 0.3) is 0 Å². The molecule has 0 bridgehead atoms. The Kier molecular flexibility index (Phi) is 3.30. The molecule has 76 valence electrons. The second-order valence-electron chi connectivity index (χ2n) is 2.72. The quantitative estimate of drug-likeness (QED) is 0.541. The lowest BCUT2D eigenvalue weighted by molar-refractivity contribution is 0.0944. The summed E-state index contributed by atoms with van der Waals surface area (Å²) in [5, 5.41) is 29.0. The maximum absolute atomic E-state index is 11.3. The van der Waals surface area contributed by atoms with Crippen molar-refractivity contribution in [3.63, 3.8) is 0 Å². The minimum atomic E-state index is -0.453. The van der Waals surface area contributed by atoms with Crippen LogP contribution in [0.5, 0.6) is 11.5 Å². The van der Waals surface area contributed by atoms with E-state index in [9.17, 15) is 4.79 Å². The summed E-state index contributed by atoms with van der Waals surface area (Å²) in [7, 11) is 0. The van der Waals surface area contributed by atoms with Crippen LogP contribution in [-0.4, -0.2) is 34.4 Å². The fraction of sp³-hybridized carbons (Fsp3) is 0.222. The monoisotopic (exact) mass is 197 g/mol. The average Bonchev–Trinajstić information content (AvgIpc) is 2.12. The van der Waals surface area contributed by atoms with Crippen molar-refractivity contribution < 1.29 is 20.1 Å². The summed E-state index contributed by atoms with van der Waals surface area (Å²) < 4.78 is 0. The second-order valence-corrected chi connectivity index (χ2v) is 2.72.